The first-order valence-corrected chi connectivity index (χ1v) is 9.11. The predicted molar refractivity (Wildman–Crippen MR) is 84.0 cm³/mol. The van der Waals surface area contributed by atoms with Gasteiger partial charge < -0.3 is 5.11 Å². The van der Waals surface area contributed by atoms with E-state index in [1.54, 1.807) is 0 Å². The second kappa shape index (κ2) is 7.05. The summed E-state index contributed by atoms with van der Waals surface area (Å²) in [6.45, 7) is 1.08. The zero-order chi connectivity index (χ0) is 17.0. The molecular weight excluding hydrogens is 332 g/mol. The Bertz CT molecular complexity index is 794. The van der Waals surface area contributed by atoms with Crippen LogP contribution in [0.25, 0.3) is 0 Å². The van der Waals surface area contributed by atoms with E-state index in [9.17, 15) is 13.5 Å². The quantitative estimate of drug-likeness (QED) is 0.620. The number of hydrogen-bond donors (Lipinski definition) is 1. The van der Waals surface area contributed by atoms with Crippen molar-refractivity contribution < 1.29 is 13.5 Å². The minimum absolute atomic E-state index is 0.0683. The lowest BCUT2D eigenvalue weighted by Crippen LogP contribution is -2.32. The van der Waals surface area contributed by atoms with Crippen molar-refractivity contribution in [3.63, 3.8) is 0 Å². The number of rotatable bonds is 4. The van der Waals surface area contributed by atoms with Crippen LogP contribution in [-0.2, 0) is 10.0 Å². The highest BCUT2D eigenvalue weighted by Gasteiger charge is 2.24. The smallest absolute Gasteiger partial charge is 0.288 e. The molecule has 128 valence electrons. The van der Waals surface area contributed by atoms with Crippen molar-refractivity contribution in [2.24, 2.45) is 4.99 Å². The summed E-state index contributed by atoms with van der Waals surface area (Å²) < 4.78 is 26.8. The monoisotopic (exact) mass is 349 g/mol. The number of aliphatic imine (C=N–C) groups is 1. The second-order valence-electron chi connectivity index (χ2n) is 5.47. The van der Waals surface area contributed by atoms with Gasteiger partial charge in [0.05, 0.1) is 4.90 Å². The van der Waals surface area contributed by atoms with Gasteiger partial charge in [-0.3, -0.25) is 0 Å². The molecular formula is C14H17N6O3S-. The van der Waals surface area contributed by atoms with Gasteiger partial charge in [0.2, 0.25) is 10.0 Å². The van der Waals surface area contributed by atoms with E-state index in [1.165, 1.54) is 28.6 Å². The van der Waals surface area contributed by atoms with Gasteiger partial charge >= 0.3 is 0 Å². The topological polar surface area (TPSA) is 127 Å². The van der Waals surface area contributed by atoms with Crippen molar-refractivity contribution >= 4 is 21.9 Å². The van der Waals surface area contributed by atoms with E-state index >= 15 is 0 Å². The number of benzene rings is 1. The summed E-state index contributed by atoms with van der Waals surface area (Å²) >= 11 is 0. The highest BCUT2D eigenvalue weighted by molar-refractivity contribution is 7.89. The molecule has 1 aliphatic rings. The van der Waals surface area contributed by atoms with E-state index in [1.807, 2.05) is 0 Å². The Morgan fingerprint density at radius 3 is 2.38 bits per heavy atom. The van der Waals surface area contributed by atoms with Crippen LogP contribution in [0, 0.1) is 0 Å². The fraction of sp³-hybridized carbons (Fsp3) is 0.429. The van der Waals surface area contributed by atoms with Gasteiger partial charge in [0, 0.05) is 13.1 Å². The summed E-state index contributed by atoms with van der Waals surface area (Å²) in [5.74, 6) is -0.628. The van der Waals surface area contributed by atoms with Gasteiger partial charge in [-0.25, -0.2) is 13.4 Å². The summed E-state index contributed by atoms with van der Waals surface area (Å²) in [6.07, 6.45) is 3.85. The van der Waals surface area contributed by atoms with Gasteiger partial charge in [-0.2, -0.15) is 9.52 Å². The Labute approximate surface area is 139 Å². The number of tetrazole rings is 1. The molecule has 2 aromatic rings. The van der Waals surface area contributed by atoms with Crippen LogP contribution in [0.2, 0.25) is 0 Å². The molecule has 2 heterocycles. The number of aromatic nitrogens is 4. The summed E-state index contributed by atoms with van der Waals surface area (Å²) in [6, 6.07) is 5.74. The highest BCUT2D eigenvalue weighted by Crippen LogP contribution is 2.20. The van der Waals surface area contributed by atoms with Crippen LogP contribution >= 0.6 is 0 Å². The Morgan fingerprint density at radius 2 is 1.79 bits per heavy atom. The van der Waals surface area contributed by atoms with Crippen molar-refractivity contribution in [1.29, 1.82) is 0 Å². The lowest BCUT2D eigenvalue weighted by atomic mass is 10.2. The summed E-state index contributed by atoms with van der Waals surface area (Å²) in [5, 5.41) is 24.6. The molecule has 0 bridgehead atoms. The van der Waals surface area contributed by atoms with Crippen molar-refractivity contribution in [3.05, 3.63) is 29.8 Å². The van der Waals surface area contributed by atoms with Crippen molar-refractivity contribution in [1.82, 2.24) is 24.9 Å². The first-order chi connectivity index (χ1) is 11.6. The normalized spacial score (nSPS) is 17.6. The van der Waals surface area contributed by atoms with Gasteiger partial charge in [-0.15, -0.1) is 5.10 Å². The number of H-pyrrole nitrogens is 1. The van der Waals surface area contributed by atoms with Crippen molar-refractivity contribution in [2.75, 3.05) is 13.1 Å². The molecule has 0 atom stereocenters. The average molecular weight is 349 g/mol. The summed E-state index contributed by atoms with van der Waals surface area (Å²) in [5.41, 5.74) is 0.259. The average Bonchev–Trinajstić information content (AvgIpc) is 2.93. The molecule has 1 fully saturated rings. The van der Waals surface area contributed by atoms with Crippen LogP contribution in [0.3, 0.4) is 0 Å². The van der Waals surface area contributed by atoms with Crippen LogP contribution in [-0.4, -0.2) is 52.3 Å². The minimum atomic E-state index is -3.53. The maximum atomic E-state index is 12.7. The third kappa shape index (κ3) is 3.60. The molecule has 0 amide bonds. The number of aromatic amines is 1. The van der Waals surface area contributed by atoms with Crippen LogP contribution in [0.4, 0.5) is 5.95 Å². The number of hydrogen-bond acceptors (Lipinski definition) is 7. The van der Waals surface area contributed by atoms with Crippen molar-refractivity contribution in [2.45, 2.75) is 30.6 Å². The Kier molecular flexibility index (Phi) is 4.86. The Morgan fingerprint density at radius 1 is 1.12 bits per heavy atom. The zero-order valence-electron chi connectivity index (χ0n) is 12.9. The molecule has 1 aromatic carbocycles. The fourth-order valence-electron chi connectivity index (χ4n) is 2.56. The molecule has 3 rings (SSSR count). The molecule has 1 aliphatic heterocycles. The largest absolute Gasteiger partial charge is 0.858 e. The molecule has 0 aliphatic carbocycles. The molecule has 0 unspecified atom stereocenters. The zero-order valence-corrected chi connectivity index (χ0v) is 13.7. The molecule has 1 N–H and O–H groups in total. The van der Waals surface area contributed by atoms with Gasteiger partial charge in [0.25, 0.3) is 5.95 Å². The third-order valence-corrected chi connectivity index (χ3v) is 5.75. The maximum Gasteiger partial charge on any atom is 0.288 e. The van der Waals surface area contributed by atoms with E-state index in [-0.39, 0.29) is 16.4 Å². The van der Waals surface area contributed by atoms with E-state index in [4.69, 9.17) is 0 Å². The van der Waals surface area contributed by atoms with Crippen LogP contribution < -0.4 is 5.11 Å². The van der Waals surface area contributed by atoms with Crippen LogP contribution in [0.5, 0.6) is 0 Å². The Balaban J connectivity index is 1.81. The third-order valence-electron chi connectivity index (χ3n) is 3.84. The molecule has 10 heteroatoms. The molecule has 9 nitrogen and oxygen atoms in total. The molecule has 0 spiro atoms. The fourth-order valence-corrected chi connectivity index (χ4v) is 4.08. The maximum absolute atomic E-state index is 12.7. The van der Waals surface area contributed by atoms with Gasteiger partial charge in [-0.1, -0.05) is 30.1 Å². The first-order valence-electron chi connectivity index (χ1n) is 7.67. The van der Waals surface area contributed by atoms with E-state index in [2.05, 4.69) is 25.6 Å². The van der Waals surface area contributed by atoms with Crippen LogP contribution in [0.15, 0.2) is 34.2 Å². The lowest BCUT2D eigenvalue weighted by Gasteiger charge is -2.20. The Hall–Kier alpha value is -2.33. The predicted octanol–water partition coefficient (Wildman–Crippen LogP) is 0.203. The lowest BCUT2D eigenvalue weighted by molar-refractivity contribution is -0.212. The number of nitrogens with one attached hydrogen (secondary N) is 1. The van der Waals surface area contributed by atoms with Gasteiger partial charge in [0.1, 0.15) is 0 Å². The summed E-state index contributed by atoms with van der Waals surface area (Å²) in [7, 11) is -3.53. The van der Waals surface area contributed by atoms with Gasteiger partial charge in [0.15, 0.2) is 0 Å². The molecule has 0 saturated carbocycles. The molecule has 0 radical (unpaired) electrons. The van der Waals surface area contributed by atoms with E-state index in [0.717, 1.165) is 25.7 Å². The van der Waals surface area contributed by atoms with E-state index < -0.39 is 15.9 Å². The number of nitrogens with zero attached hydrogens (tertiary/aromatic N) is 5. The molecule has 24 heavy (non-hydrogen) atoms. The second-order valence-corrected chi connectivity index (χ2v) is 7.41. The summed E-state index contributed by atoms with van der Waals surface area (Å²) in [4.78, 5) is 3.85. The highest BCUT2D eigenvalue weighted by atomic mass is 32.2. The van der Waals surface area contributed by atoms with Crippen molar-refractivity contribution in [3.8, 4) is 0 Å². The van der Waals surface area contributed by atoms with E-state index in [0.29, 0.717) is 13.1 Å². The molecule has 1 aromatic heterocycles. The minimum Gasteiger partial charge on any atom is -0.858 e. The van der Waals surface area contributed by atoms with Crippen LogP contribution in [0.1, 0.15) is 31.2 Å². The molecule has 1 saturated heterocycles. The first kappa shape index (κ1) is 16.5. The SMILES string of the molecule is O=S(=O)(c1ccc(C([O-])=Nc2nn[nH]n2)cc1)N1CCCCCC1. The standard InChI is InChI=1S/C14H18N6O3S/c21-13(15-14-16-18-19-17-14)11-5-7-12(8-6-11)24(22,23)20-9-3-1-2-4-10-20/h5-8H,1-4,9-10H2,(H2,15,16,17,18,19,21)/p-1. The number of sulfonamides is 1. The van der Waals surface area contributed by atoms with Gasteiger partial charge in [-0.05, 0) is 41.6 Å².